The molecule has 0 aliphatic heterocycles. The Bertz CT molecular complexity index is 491. The van der Waals surface area contributed by atoms with Crippen molar-refractivity contribution in [2.75, 3.05) is 6.54 Å². The van der Waals surface area contributed by atoms with Crippen LogP contribution in [0.15, 0.2) is 36.4 Å². The third-order valence-electron chi connectivity index (χ3n) is 3.02. The van der Waals surface area contributed by atoms with Crippen LogP contribution in [0.25, 0.3) is 0 Å². The molecule has 0 aromatic heterocycles. The highest BCUT2D eigenvalue weighted by Gasteiger charge is 2.06. The number of amides is 1. The van der Waals surface area contributed by atoms with Gasteiger partial charge in [0.2, 0.25) is 0 Å². The van der Waals surface area contributed by atoms with E-state index in [4.69, 9.17) is 4.74 Å². The second-order valence-corrected chi connectivity index (χ2v) is 5.05. The zero-order valence-corrected chi connectivity index (χ0v) is 12.8. The molecule has 4 heteroatoms. The number of Topliss-reactive ketones (excluding diaryl/α,β-unsaturated/α-hetero) is 1. The molecule has 0 heterocycles. The van der Waals surface area contributed by atoms with Crippen molar-refractivity contribution in [2.24, 2.45) is 0 Å². The maximum Gasteiger partial charge on any atom is 0.412 e. The van der Waals surface area contributed by atoms with Gasteiger partial charge in [0.25, 0.3) is 0 Å². The average Bonchev–Trinajstić information content (AvgIpc) is 2.45. The molecule has 0 fully saturated rings. The number of ketones is 1. The van der Waals surface area contributed by atoms with Gasteiger partial charge in [0, 0.05) is 13.0 Å². The summed E-state index contributed by atoms with van der Waals surface area (Å²) in [5, 5.41) is 2.70. The van der Waals surface area contributed by atoms with Gasteiger partial charge in [-0.25, -0.2) is 4.79 Å². The standard InChI is InChI=1S/C17H23NO3/c1-4-5-6-11-18-17(20)21-15-9-7-14(8-10-15)12-16(19)13(2)3/h7-10H,2,4-6,11-12H2,1,3H3,(H,18,20). The molecular formula is C17H23NO3. The summed E-state index contributed by atoms with van der Waals surface area (Å²) in [5.74, 6) is 0.479. The molecule has 0 unspecified atom stereocenters. The van der Waals surface area contributed by atoms with E-state index in [0.717, 1.165) is 24.8 Å². The summed E-state index contributed by atoms with van der Waals surface area (Å²) in [6.45, 7) is 8.05. The Kier molecular flexibility index (Phi) is 7.23. The van der Waals surface area contributed by atoms with E-state index >= 15 is 0 Å². The van der Waals surface area contributed by atoms with Crippen LogP contribution in [0.2, 0.25) is 0 Å². The maximum absolute atomic E-state index is 11.6. The lowest BCUT2D eigenvalue weighted by molar-refractivity contribution is -0.114. The van der Waals surface area contributed by atoms with Gasteiger partial charge in [-0.1, -0.05) is 38.5 Å². The van der Waals surface area contributed by atoms with Crippen LogP contribution in [-0.2, 0) is 11.2 Å². The fraction of sp³-hybridized carbons (Fsp3) is 0.412. The van der Waals surface area contributed by atoms with E-state index in [1.165, 1.54) is 0 Å². The van der Waals surface area contributed by atoms with Crippen molar-refractivity contribution in [3.63, 3.8) is 0 Å². The van der Waals surface area contributed by atoms with Gasteiger partial charge in [0.05, 0.1) is 0 Å². The monoisotopic (exact) mass is 289 g/mol. The Morgan fingerprint density at radius 2 is 1.86 bits per heavy atom. The first kappa shape index (κ1) is 17.0. The van der Waals surface area contributed by atoms with Gasteiger partial charge in [0.1, 0.15) is 5.75 Å². The first-order valence-electron chi connectivity index (χ1n) is 7.26. The molecule has 0 bridgehead atoms. The Hall–Kier alpha value is -2.10. The molecule has 1 N–H and O–H groups in total. The molecule has 0 saturated carbocycles. The SMILES string of the molecule is C=C(C)C(=O)Cc1ccc(OC(=O)NCCCCC)cc1. The van der Waals surface area contributed by atoms with Crippen molar-refractivity contribution < 1.29 is 14.3 Å². The molecule has 0 radical (unpaired) electrons. The minimum atomic E-state index is -0.447. The average molecular weight is 289 g/mol. The highest BCUT2D eigenvalue weighted by atomic mass is 16.5. The molecule has 1 aromatic rings. The molecule has 0 atom stereocenters. The van der Waals surface area contributed by atoms with E-state index in [2.05, 4.69) is 18.8 Å². The Morgan fingerprint density at radius 1 is 1.19 bits per heavy atom. The van der Waals surface area contributed by atoms with Gasteiger partial charge >= 0.3 is 6.09 Å². The quantitative estimate of drug-likeness (QED) is 0.587. The number of carbonyl (C=O) groups is 2. The topological polar surface area (TPSA) is 55.4 Å². The molecule has 1 aromatic carbocycles. The summed E-state index contributed by atoms with van der Waals surface area (Å²) >= 11 is 0. The number of carbonyl (C=O) groups excluding carboxylic acids is 2. The van der Waals surface area contributed by atoms with Crippen LogP contribution in [0.4, 0.5) is 4.79 Å². The summed E-state index contributed by atoms with van der Waals surface area (Å²) in [5.41, 5.74) is 1.42. The van der Waals surface area contributed by atoms with E-state index < -0.39 is 6.09 Å². The van der Waals surface area contributed by atoms with Gasteiger partial charge < -0.3 is 10.1 Å². The Labute approximate surface area is 126 Å². The molecule has 4 nitrogen and oxygen atoms in total. The molecule has 0 aliphatic carbocycles. The van der Waals surface area contributed by atoms with Crippen LogP contribution in [0, 0.1) is 0 Å². The molecule has 0 spiro atoms. The molecule has 114 valence electrons. The summed E-state index contributed by atoms with van der Waals surface area (Å²) in [6.07, 6.45) is 3.02. The highest BCUT2D eigenvalue weighted by Crippen LogP contribution is 2.13. The van der Waals surface area contributed by atoms with Gasteiger partial charge in [-0.15, -0.1) is 0 Å². The minimum absolute atomic E-state index is 0.0114. The van der Waals surface area contributed by atoms with Gasteiger partial charge in [-0.05, 0) is 36.6 Å². The van der Waals surface area contributed by atoms with Crippen molar-refractivity contribution in [1.29, 1.82) is 0 Å². The molecule has 0 saturated heterocycles. The van der Waals surface area contributed by atoms with Crippen LogP contribution >= 0.6 is 0 Å². The molecule has 0 aliphatic rings. The van der Waals surface area contributed by atoms with Crippen LogP contribution in [0.3, 0.4) is 0 Å². The molecular weight excluding hydrogens is 266 g/mol. The summed E-state index contributed by atoms with van der Waals surface area (Å²) in [4.78, 5) is 23.1. The summed E-state index contributed by atoms with van der Waals surface area (Å²) in [6, 6.07) is 6.93. The number of allylic oxidation sites excluding steroid dienone is 1. The first-order chi connectivity index (χ1) is 10.0. The Balaban J connectivity index is 2.41. The smallest absolute Gasteiger partial charge is 0.410 e. The van der Waals surface area contributed by atoms with Crippen LogP contribution in [0.1, 0.15) is 38.7 Å². The van der Waals surface area contributed by atoms with Gasteiger partial charge in [-0.3, -0.25) is 4.79 Å². The van der Waals surface area contributed by atoms with Crippen LogP contribution in [0.5, 0.6) is 5.75 Å². The largest absolute Gasteiger partial charge is 0.412 e. The van der Waals surface area contributed by atoms with E-state index in [1.807, 2.05) is 0 Å². The lowest BCUT2D eigenvalue weighted by Gasteiger charge is -2.07. The van der Waals surface area contributed by atoms with Crippen molar-refractivity contribution in [3.05, 3.63) is 42.0 Å². The number of ether oxygens (including phenoxy) is 1. The van der Waals surface area contributed by atoms with E-state index in [0.29, 0.717) is 24.3 Å². The second-order valence-electron chi connectivity index (χ2n) is 5.05. The third-order valence-corrected chi connectivity index (χ3v) is 3.02. The molecule has 21 heavy (non-hydrogen) atoms. The van der Waals surface area contributed by atoms with Gasteiger partial charge in [-0.2, -0.15) is 0 Å². The maximum atomic E-state index is 11.6. The van der Waals surface area contributed by atoms with Gasteiger partial charge in [0.15, 0.2) is 5.78 Å². The zero-order chi connectivity index (χ0) is 15.7. The minimum Gasteiger partial charge on any atom is -0.410 e. The van der Waals surface area contributed by atoms with Crippen LogP contribution in [-0.4, -0.2) is 18.4 Å². The predicted molar refractivity (Wildman–Crippen MR) is 83.5 cm³/mol. The zero-order valence-electron chi connectivity index (χ0n) is 12.8. The summed E-state index contributed by atoms with van der Waals surface area (Å²) < 4.78 is 5.15. The highest BCUT2D eigenvalue weighted by molar-refractivity contribution is 5.95. The number of benzene rings is 1. The fourth-order valence-corrected chi connectivity index (χ4v) is 1.72. The third kappa shape index (κ3) is 6.75. The lowest BCUT2D eigenvalue weighted by Crippen LogP contribution is -2.27. The van der Waals surface area contributed by atoms with Crippen molar-refractivity contribution in [2.45, 2.75) is 39.5 Å². The van der Waals surface area contributed by atoms with Crippen molar-refractivity contribution >= 4 is 11.9 Å². The van der Waals surface area contributed by atoms with Crippen molar-refractivity contribution in [1.82, 2.24) is 5.32 Å². The normalized spacial score (nSPS) is 10.0. The molecule has 1 rings (SSSR count). The van der Waals surface area contributed by atoms with E-state index in [-0.39, 0.29) is 5.78 Å². The van der Waals surface area contributed by atoms with E-state index in [1.54, 1.807) is 31.2 Å². The number of unbranched alkanes of at least 4 members (excludes halogenated alkanes) is 2. The second kappa shape index (κ2) is 8.95. The van der Waals surface area contributed by atoms with Crippen molar-refractivity contribution in [3.8, 4) is 5.75 Å². The lowest BCUT2D eigenvalue weighted by atomic mass is 10.1. The predicted octanol–water partition coefficient (Wildman–Crippen LogP) is 3.65. The first-order valence-corrected chi connectivity index (χ1v) is 7.26. The fourth-order valence-electron chi connectivity index (χ4n) is 1.72. The number of nitrogens with one attached hydrogen (secondary N) is 1. The number of hydrogen-bond donors (Lipinski definition) is 1. The summed E-state index contributed by atoms with van der Waals surface area (Å²) in [7, 11) is 0. The van der Waals surface area contributed by atoms with Crippen LogP contribution < -0.4 is 10.1 Å². The van der Waals surface area contributed by atoms with E-state index in [9.17, 15) is 9.59 Å². The number of hydrogen-bond acceptors (Lipinski definition) is 3. The molecule has 1 amide bonds. The number of rotatable bonds is 8. The Morgan fingerprint density at radius 3 is 2.43 bits per heavy atom.